The molecule has 0 spiro atoms. The van der Waals surface area contributed by atoms with E-state index in [1.807, 2.05) is 0 Å². The van der Waals surface area contributed by atoms with Gasteiger partial charge in [-0.2, -0.15) is 0 Å². The Morgan fingerprint density at radius 3 is 2.68 bits per heavy atom. The lowest BCUT2D eigenvalue weighted by atomic mass is 10.1. The average Bonchev–Trinajstić information content (AvgIpc) is 2.94. The molecule has 3 amide bonds. The van der Waals surface area contributed by atoms with Crippen LogP contribution in [0.5, 0.6) is 0 Å². The number of fused-ring (bicyclic) bond motifs is 1. The third kappa shape index (κ3) is 9.32. The van der Waals surface area contributed by atoms with Gasteiger partial charge in [-0.15, -0.1) is 0 Å². The minimum Gasteiger partial charge on any atom is -0.447 e. The van der Waals surface area contributed by atoms with Gasteiger partial charge in [-0.1, -0.05) is 23.7 Å². The van der Waals surface area contributed by atoms with Crippen LogP contribution >= 0.6 is 11.6 Å². The van der Waals surface area contributed by atoms with Crippen LogP contribution in [0.3, 0.4) is 0 Å². The summed E-state index contributed by atoms with van der Waals surface area (Å²) in [6.45, 7) is 0.699. The van der Waals surface area contributed by atoms with Crippen LogP contribution in [0.2, 0.25) is 5.02 Å². The van der Waals surface area contributed by atoms with E-state index in [1.54, 1.807) is 12.1 Å². The van der Waals surface area contributed by atoms with Crippen LogP contribution in [0.25, 0.3) is 10.8 Å². The topological polar surface area (TPSA) is 159 Å². The number of ether oxygens (including phenoxy) is 1. The maximum absolute atomic E-state index is 13.9. The first-order valence-electron chi connectivity index (χ1n) is 12.7. The predicted octanol–water partition coefficient (Wildman–Crippen LogP) is 2.85. The molecular weight excluding hydrogens is 562 g/mol. The third-order valence-corrected chi connectivity index (χ3v) is 6.47. The van der Waals surface area contributed by atoms with Crippen molar-refractivity contribution >= 4 is 46.1 Å². The molecule has 0 unspecified atom stereocenters. The van der Waals surface area contributed by atoms with Crippen LogP contribution in [-0.2, 0) is 20.9 Å². The number of hydrogen-bond acceptors (Lipinski definition) is 8. The summed E-state index contributed by atoms with van der Waals surface area (Å²) >= 11 is 6.04. The molecule has 1 aromatic heterocycles. The van der Waals surface area contributed by atoms with Gasteiger partial charge < -0.3 is 20.9 Å². The van der Waals surface area contributed by atoms with E-state index in [0.29, 0.717) is 22.8 Å². The number of nitrogens with one attached hydrogen (secondary N) is 3. The number of aromatic nitrogens is 1. The smallest absolute Gasteiger partial charge is 0.412 e. The number of aliphatic hydroxyl groups excluding tert-OH is 1. The minimum absolute atomic E-state index is 0.00146. The Bertz CT molecular complexity index is 1380. The molecule has 11 nitrogen and oxygen atoms in total. The van der Waals surface area contributed by atoms with Crippen molar-refractivity contribution in [2.24, 2.45) is 5.73 Å². The third-order valence-electron chi connectivity index (χ3n) is 6.04. The van der Waals surface area contributed by atoms with Gasteiger partial charge in [-0.05, 0) is 54.1 Å². The number of hydrazine groups is 1. The maximum atomic E-state index is 13.9. The summed E-state index contributed by atoms with van der Waals surface area (Å²) in [6, 6.07) is 8.16. The molecule has 6 N–H and O–H groups in total. The second-order valence-electron chi connectivity index (χ2n) is 9.10. The van der Waals surface area contributed by atoms with Gasteiger partial charge in [0.15, 0.2) is 0 Å². The van der Waals surface area contributed by atoms with E-state index >= 15 is 0 Å². The molecule has 41 heavy (non-hydrogen) atoms. The van der Waals surface area contributed by atoms with Crippen molar-refractivity contribution in [1.29, 1.82) is 0 Å². The van der Waals surface area contributed by atoms with Crippen molar-refractivity contribution in [2.45, 2.75) is 38.4 Å². The van der Waals surface area contributed by atoms with Crippen molar-refractivity contribution in [1.82, 2.24) is 20.7 Å². The second kappa shape index (κ2) is 15.2. The fourth-order valence-electron chi connectivity index (χ4n) is 3.90. The van der Waals surface area contributed by atoms with Gasteiger partial charge in [0.2, 0.25) is 11.8 Å². The fraction of sp³-hybridized carbons (Fsp3) is 0.333. The molecule has 2 aromatic carbocycles. The van der Waals surface area contributed by atoms with Crippen molar-refractivity contribution in [3.05, 3.63) is 70.9 Å². The molecule has 14 heteroatoms. The van der Waals surface area contributed by atoms with Crippen molar-refractivity contribution in [2.75, 3.05) is 25.1 Å². The van der Waals surface area contributed by atoms with E-state index in [0.717, 1.165) is 0 Å². The van der Waals surface area contributed by atoms with Crippen LogP contribution in [0.1, 0.15) is 25.3 Å². The number of rotatable bonds is 13. The SMILES string of the molecule is CC(=O)N(NCc1cccc(F)c1Cl)[C@@H](CCCNC(=O)[C@@H](N)CO)COC(=O)Nc1cc2cc(F)ccc2cn1. The van der Waals surface area contributed by atoms with E-state index in [9.17, 15) is 23.2 Å². The number of nitrogens with zero attached hydrogens (tertiary/aromatic N) is 2. The van der Waals surface area contributed by atoms with Crippen molar-refractivity contribution in [3.63, 3.8) is 0 Å². The lowest BCUT2D eigenvalue weighted by Crippen LogP contribution is -2.51. The Balaban J connectivity index is 1.67. The van der Waals surface area contributed by atoms with Gasteiger partial charge in [-0.25, -0.2) is 24.0 Å². The Kier molecular flexibility index (Phi) is 11.7. The number of halogens is 3. The summed E-state index contributed by atoms with van der Waals surface area (Å²) in [4.78, 5) is 41.1. The Labute approximate surface area is 240 Å². The molecule has 0 aliphatic carbocycles. The number of amides is 3. The largest absolute Gasteiger partial charge is 0.447 e. The van der Waals surface area contributed by atoms with Crippen LogP contribution in [0.15, 0.2) is 48.7 Å². The molecule has 0 aliphatic heterocycles. The first-order valence-corrected chi connectivity index (χ1v) is 13.1. The van der Waals surface area contributed by atoms with Gasteiger partial charge in [0.1, 0.15) is 30.1 Å². The second-order valence-corrected chi connectivity index (χ2v) is 9.48. The van der Waals surface area contributed by atoms with E-state index in [1.165, 1.54) is 48.5 Å². The van der Waals surface area contributed by atoms with Crippen LogP contribution in [-0.4, -0.2) is 64.8 Å². The summed E-state index contributed by atoms with van der Waals surface area (Å²) in [5.41, 5.74) is 8.81. The number of carbonyl (C=O) groups is 3. The molecule has 0 saturated heterocycles. The number of anilines is 1. The average molecular weight is 593 g/mol. The first kappa shape index (κ1) is 31.6. The lowest BCUT2D eigenvalue weighted by molar-refractivity contribution is -0.136. The number of aliphatic hydroxyl groups is 1. The van der Waals surface area contributed by atoms with Gasteiger partial charge >= 0.3 is 6.09 Å². The molecular formula is C27H31ClF2N6O5. The molecule has 0 aliphatic rings. The van der Waals surface area contributed by atoms with E-state index in [4.69, 9.17) is 27.2 Å². The molecule has 1 heterocycles. The number of nitrogens with two attached hydrogens (primary N) is 1. The van der Waals surface area contributed by atoms with Gasteiger partial charge in [0.25, 0.3) is 0 Å². The maximum Gasteiger partial charge on any atom is 0.412 e. The zero-order valence-corrected chi connectivity index (χ0v) is 23.0. The molecule has 3 rings (SSSR count). The molecule has 0 bridgehead atoms. The predicted molar refractivity (Wildman–Crippen MR) is 149 cm³/mol. The van der Waals surface area contributed by atoms with Gasteiger partial charge in [-0.3, -0.25) is 19.9 Å². The van der Waals surface area contributed by atoms with Crippen LogP contribution in [0, 0.1) is 11.6 Å². The lowest BCUT2D eigenvalue weighted by Gasteiger charge is -2.31. The summed E-state index contributed by atoms with van der Waals surface area (Å²) in [5, 5.41) is 16.4. The van der Waals surface area contributed by atoms with Gasteiger partial charge in [0.05, 0.1) is 17.7 Å². The van der Waals surface area contributed by atoms with E-state index < -0.39 is 48.2 Å². The Morgan fingerprint density at radius 2 is 1.95 bits per heavy atom. The van der Waals surface area contributed by atoms with Crippen molar-refractivity contribution < 1.29 is 33.0 Å². The molecule has 220 valence electrons. The Morgan fingerprint density at radius 1 is 1.17 bits per heavy atom. The van der Waals surface area contributed by atoms with Crippen molar-refractivity contribution in [3.8, 4) is 0 Å². The zero-order valence-electron chi connectivity index (χ0n) is 22.2. The highest BCUT2D eigenvalue weighted by Gasteiger charge is 2.24. The van der Waals surface area contributed by atoms with Gasteiger partial charge in [0, 0.05) is 31.6 Å². The summed E-state index contributed by atoms with van der Waals surface area (Å²) in [5.74, 6) is -1.87. The first-order chi connectivity index (χ1) is 19.6. The molecule has 0 saturated carbocycles. The normalized spacial score (nSPS) is 12.4. The monoisotopic (exact) mass is 592 g/mol. The molecule has 2 atom stereocenters. The highest BCUT2D eigenvalue weighted by atomic mass is 35.5. The van der Waals surface area contributed by atoms with E-state index in [2.05, 4.69) is 21.0 Å². The van der Waals surface area contributed by atoms with Crippen LogP contribution in [0.4, 0.5) is 19.4 Å². The molecule has 0 radical (unpaired) electrons. The summed E-state index contributed by atoms with van der Waals surface area (Å²) in [6.07, 6.45) is 1.23. The molecule has 0 fully saturated rings. The molecule has 3 aromatic rings. The number of carbonyl (C=O) groups excluding carboxylic acids is 3. The number of pyridine rings is 1. The minimum atomic E-state index is -1.07. The zero-order chi connectivity index (χ0) is 29.9. The number of hydrogen-bond donors (Lipinski definition) is 5. The quantitative estimate of drug-likeness (QED) is 0.150. The summed E-state index contributed by atoms with van der Waals surface area (Å²) in [7, 11) is 0. The highest BCUT2D eigenvalue weighted by Crippen LogP contribution is 2.20. The van der Waals surface area contributed by atoms with Crippen LogP contribution < -0.4 is 21.8 Å². The van der Waals surface area contributed by atoms with E-state index in [-0.39, 0.29) is 37.0 Å². The summed E-state index contributed by atoms with van der Waals surface area (Å²) < 4.78 is 32.8. The highest BCUT2D eigenvalue weighted by molar-refractivity contribution is 6.31. The standard InChI is InChI=1S/C27H31ClF2N6O5/c1-16(38)36(34-13-18-4-2-6-22(30)25(18)28)21(5-3-9-32-26(39)23(31)14-37)15-41-27(40)35-24-11-19-10-20(29)8-7-17(19)12-33-24/h2,4,6-8,10-12,21,23,34,37H,3,5,9,13-15,31H2,1H3,(H,32,39)(H,33,35,40)/t21-,23-/m0/s1. The Hall–Kier alpha value is -3.91. The number of benzene rings is 2. The fourth-order valence-corrected chi connectivity index (χ4v) is 4.09.